The molecule has 4 nitrogen and oxygen atoms in total. The molecule has 1 aromatic rings. The Hall–Kier alpha value is -1.97. The molecule has 0 radical (unpaired) electrons. The summed E-state index contributed by atoms with van der Waals surface area (Å²) in [5, 5.41) is 0. The van der Waals surface area contributed by atoms with Crippen LogP contribution in [0.1, 0.15) is 18.9 Å². The lowest BCUT2D eigenvalue weighted by molar-refractivity contribution is -0.130. The van der Waals surface area contributed by atoms with Gasteiger partial charge in [-0.25, -0.2) is 0 Å². The molecule has 1 aliphatic heterocycles. The van der Waals surface area contributed by atoms with Gasteiger partial charge in [0.2, 0.25) is 5.91 Å². The molecule has 0 spiro atoms. The second-order valence-corrected chi connectivity index (χ2v) is 4.72. The van der Waals surface area contributed by atoms with Gasteiger partial charge in [0.25, 0.3) is 0 Å². The van der Waals surface area contributed by atoms with Crippen LogP contribution in [0.2, 0.25) is 0 Å². The van der Waals surface area contributed by atoms with Gasteiger partial charge in [0.15, 0.2) is 0 Å². The summed E-state index contributed by atoms with van der Waals surface area (Å²) in [5.74, 6) is 1.95. The molecule has 0 unspecified atom stereocenters. The van der Waals surface area contributed by atoms with Crippen molar-refractivity contribution in [2.24, 2.45) is 5.92 Å². The minimum absolute atomic E-state index is 0.146. The number of ether oxygens (including phenoxy) is 2. The van der Waals surface area contributed by atoms with Crippen molar-refractivity contribution in [1.82, 2.24) is 4.90 Å². The van der Waals surface area contributed by atoms with Crippen LogP contribution in [0.25, 0.3) is 0 Å². The molecule has 1 aliphatic rings. The minimum atomic E-state index is 0.146. The molecule has 1 heterocycles. The summed E-state index contributed by atoms with van der Waals surface area (Å²) in [6, 6.07) is 5.63. The lowest BCUT2D eigenvalue weighted by Gasteiger charge is -2.25. The Morgan fingerprint density at radius 3 is 2.74 bits per heavy atom. The number of rotatable bonds is 4. The van der Waals surface area contributed by atoms with Gasteiger partial charge < -0.3 is 14.4 Å². The van der Waals surface area contributed by atoms with Crippen LogP contribution in [0.5, 0.6) is 11.5 Å². The fourth-order valence-corrected chi connectivity index (χ4v) is 2.10. The zero-order valence-electron chi connectivity index (χ0n) is 11.6. The van der Waals surface area contributed by atoms with Gasteiger partial charge in [-0.1, -0.05) is 13.0 Å². The van der Waals surface area contributed by atoms with E-state index in [9.17, 15) is 4.79 Å². The molecular formula is C15H19NO3. The van der Waals surface area contributed by atoms with Crippen LogP contribution in [0.15, 0.2) is 30.5 Å². The Balaban J connectivity index is 2.19. The summed E-state index contributed by atoms with van der Waals surface area (Å²) in [6.07, 6.45) is 4.48. The first-order valence-electron chi connectivity index (χ1n) is 6.32. The lowest BCUT2D eigenvalue weighted by Crippen LogP contribution is -2.29. The van der Waals surface area contributed by atoms with Gasteiger partial charge in [-0.15, -0.1) is 0 Å². The minimum Gasteiger partial charge on any atom is -0.497 e. The molecule has 1 amide bonds. The van der Waals surface area contributed by atoms with Crippen molar-refractivity contribution < 1.29 is 14.3 Å². The van der Waals surface area contributed by atoms with Crippen LogP contribution in [0.4, 0.5) is 0 Å². The third-order valence-electron chi connectivity index (χ3n) is 3.25. The van der Waals surface area contributed by atoms with Crippen molar-refractivity contribution >= 4 is 5.91 Å². The molecule has 1 aromatic carbocycles. The van der Waals surface area contributed by atoms with Crippen LogP contribution >= 0.6 is 0 Å². The van der Waals surface area contributed by atoms with E-state index >= 15 is 0 Å². The molecule has 0 N–H and O–H groups in total. The SMILES string of the molecule is COc1ccc(CN2C=C[C@H](C)CC2=O)c(OC)c1. The number of benzene rings is 1. The van der Waals surface area contributed by atoms with Crippen LogP contribution in [-0.2, 0) is 11.3 Å². The average molecular weight is 261 g/mol. The Morgan fingerprint density at radius 1 is 1.32 bits per heavy atom. The number of hydrogen-bond donors (Lipinski definition) is 0. The van der Waals surface area contributed by atoms with Crippen LogP contribution < -0.4 is 9.47 Å². The molecule has 0 bridgehead atoms. The highest BCUT2D eigenvalue weighted by atomic mass is 16.5. The van der Waals surface area contributed by atoms with E-state index in [2.05, 4.69) is 6.08 Å². The van der Waals surface area contributed by atoms with Gasteiger partial charge in [0.05, 0.1) is 20.8 Å². The number of allylic oxidation sites excluding steroid dienone is 1. The predicted molar refractivity (Wildman–Crippen MR) is 73.0 cm³/mol. The van der Waals surface area contributed by atoms with E-state index in [1.54, 1.807) is 19.1 Å². The first kappa shape index (κ1) is 13.5. The maximum absolute atomic E-state index is 11.9. The second kappa shape index (κ2) is 5.78. The van der Waals surface area contributed by atoms with Crippen molar-refractivity contribution in [1.29, 1.82) is 0 Å². The Bertz CT molecular complexity index is 496. The van der Waals surface area contributed by atoms with E-state index in [0.717, 1.165) is 17.1 Å². The summed E-state index contributed by atoms with van der Waals surface area (Å²) < 4.78 is 10.5. The first-order valence-corrected chi connectivity index (χ1v) is 6.32. The van der Waals surface area contributed by atoms with E-state index in [-0.39, 0.29) is 5.91 Å². The summed E-state index contributed by atoms with van der Waals surface area (Å²) >= 11 is 0. The normalized spacial score (nSPS) is 18.6. The van der Waals surface area contributed by atoms with E-state index in [0.29, 0.717) is 18.9 Å². The first-order chi connectivity index (χ1) is 9.13. The van der Waals surface area contributed by atoms with Crippen molar-refractivity contribution in [3.63, 3.8) is 0 Å². The standard InChI is InChI=1S/C15H19NO3/c1-11-6-7-16(15(17)8-11)10-12-4-5-13(18-2)9-14(12)19-3/h4-7,9,11H,8,10H2,1-3H3/t11-/m0/s1. The number of carbonyl (C=O) groups excluding carboxylic acids is 1. The van der Waals surface area contributed by atoms with E-state index in [4.69, 9.17) is 9.47 Å². The van der Waals surface area contributed by atoms with Crippen molar-refractivity contribution in [3.8, 4) is 11.5 Å². The Kier molecular flexibility index (Phi) is 4.10. The van der Waals surface area contributed by atoms with Crippen LogP contribution in [0.3, 0.4) is 0 Å². The van der Waals surface area contributed by atoms with Gasteiger partial charge in [0, 0.05) is 24.3 Å². The van der Waals surface area contributed by atoms with Crippen molar-refractivity contribution in [2.75, 3.05) is 14.2 Å². The molecule has 0 saturated carbocycles. The van der Waals surface area contributed by atoms with Gasteiger partial charge in [0.1, 0.15) is 11.5 Å². The molecule has 19 heavy (non-hydrogen) atoms. The number of nitrogens with zero attached hydrogens (tertiary/aromatic N) is 1. The second-order valence-electron chi connectivity index (χ2n) is 4.72. The fourth-order valence-electron chi connectivity index (χ4n) is 2.10. The number of hydrogen-bond acceptors (Lipinski definition) is 3. The molecule has 0 aromatic heterocycles. The van der Waals surface area contributed by atoms with Crippen molar-refractivity contribution in [3.05, 3.63) is 36.0 Å². The van der Waals surface area contributed by atoms with E-state index in [1.165, 1.54) is 0 Å². The molecule has 2 rings (SSSR count). The molecule has 4 heteroatoms. The maximum Gasteiger partial charge on any atom is 0.227 e. The van der Waals surface area contributed by atoms with E-state index < -0.39 is 0 Å². The zero-order chi connectivity index (χ0) is 13.8. The monoisotopic (exact) mass is 261 g/mol. The predicted octanol–water partition coefficient (Wildman–Crippen LogP) is 2.59. The molecule has 0 fully saturated rings. The molecule has 0 aliphatic carbocycles. The van der Waals surface area contributed by atoms with Crippen molar-refractivity contribution in [2.45, 2.75) is 19.9 Å². The van der Waals surface area contributed by atoms with E-state index in [1.807, 2.05) is 31.3 Å². The summed E-state index contributed by atoms with van der Waals surface area (Å²) in [5.41, 5.74) is 0.968. The topological polar surface area (TPSA) is 38.8 Å². The summed E-state index contributed by atoms with van der Waals surface area (Å²) in [6.45, 7) is 2.56. The number of amides is 1. The molecule has 1 atom stereocenters. The van der Waals surface area contributed by atoms with Gasteiger partial charge in [-0.2, -0.15) is 0 Å². The Labute approximate surface area is 113 Å². The van der Waals surface area contributed by atoms with Crippen LogP contribution in [0, 0.1) is 5.92 Å². The maximum atomic E-state index is 11.9. The Morgan fingerprint density at radius 2 is 2.11 bits per heavy atom. The number of methoxy groups -OCH3 is 2. The molecular weight excluding hydrogens is 242 g/mol. The van der Waals surface area contributed by atoms with Gasteiger partial charge in [-0.3, -0.25) is 4.79 Å². The smallest absolute Gasteiger partial charge is 0.227 e. The average Bonchev–Trinajstić information content (AvgIpc) is 2.42. The van der Waals surface area contributed by atoms with Gasteiger partial charge >= 0.3 is 0 Å². The highest BCUT2D eigenvalue weighted by Gasteiger charge is 2.19. The third-order valence-corrected chi connectivity index (χ3v) is 3.25. The fraction of sp³-hybridized carbons (Fsp3) is 0.400. The number of carbonyl (C=O) groups is 1. The third kappa shape index (κ3) is 3.08. The quantitative estimate of drug-likeness (QED) is 0.836. The van der Waals surface area contributed by atoms with Crippen LogP contribution in [-0.4, -0.2) is 25.0 Å². The highest BCUT2D eigenvalue weighted by Crippen LogP contribution is 2.27. The lowest BCUT2D eigenvalue weighted by atomic mass is 10.0. The van der Waals surface area contributed by atoms with Gasteiger partial charge in [-0.05, 0) is 18.1 Å². The molecule has 0 saturated heterocycles. The molecule has 102 valence electrons. The largest absolute Gasteiger partial charge is 0.497 e. The summed E-state index contributed by atoms with van der Waals surface area (Å²) in [4.78, 5) is 13.7. The highest BCUT2D eigenvalue weighted by molar-refractivity contribution is 5.78. The summed E-state index contributed by atoms with van der Waals surface area (Å²) in [7, 11) is 3.24. The zero-order valence-corrected chi connectivity index (χ0v) is 11.6.